The summed E-state index contributed by atoms with van der Waals surface area (Å²) in [6.45, 7) is 7.26. The van der Waals surface area contributed by atoms with Gasteiger partial charge in [0, 0.05) is 36.3 Å². The van der Waals surface area contributed by atoms with Gasteiger partial charge >= 0.3 is 0 Å². The number of nitrogens with one attached hydrogen (secondary N) is 1. The zero-order chi connectivity index (χ0) is 22.7. The summed E-state index contributed by atoms with van der Waals surface area (Å²) in [6.07, 6.45) is 4.33. The largest absolute Gasteiger partial charge is 0.411 e. The molecule has 2 rings (SSSR count). The molecule has 2 N–H and O–H groups in total. The zero-order valence-electron chi connectivity index (χ0n) is 19.2. The van der Waals surface area contributed by atoms with E-state index in [1.807, 2.05) is 32.0 Å². The van der Waals surface area contributed by atoms with E-state index in [4.69, 9.17) is 11.6 Å². The van der Waals surface area contributed by atoms with Crippen LogP contribution in [0.2, 0.25) is 5.02 Å². The number of nitrogens with zero attached hydrogens (tertiary/aromatic N) is 2. The van der Waals surface area contributed by atoms with Crippen molar-refractivity contribution in [3.8, 4) is 0 Å². The number of oxime groups is 1. The first-order valence-corrected chi connectivity index (χ1v) is 11.2. The average molecular weight is 435 g/mol. The van der Waals surface area contributed by atoms with E-state index in [0.717, 1.165) is 35.5 Å². The normalized spacial score (nSPS) is 13.5. The number of aromatic nitrogens is 1. The van der Waals surface area contributed by atoms with E-state index in [9.17, 15) is 10.0 Å². The van der Waals surface area contributed by atoms with Crippen LogP contribution in [0.15, 0.2) is 52.5 Å². The molecule has 0 radical (unpaired) electrons. The Bertz CT molecular complexity index is 862. The van der Waals surface area contributed by atoms with Crippen LogP contribution in [0.25, 0.3) is 0 Å². The molecule has 0 saturated carbocycles. The summed E-state index contributed by atoms with van der Waals surface area (Å²) in [5, 5.41) is 14.1. The molecule has 1 heterocycles. The maximum Gasteiger partial charge on any atom is 0.250 e. The molecule has 0 amide bonds. The van der Waals surface area contributed by atoms with E-state index < -0.39 is 0 Å². The van der Waals surface area contributed by atoms with Crippen molar-refractivity contribution < 1.29 is 10.1 Å². The summed E-state index contributed by atoms with van der Waals surface area (Å²) < 4.78 is 1.50. The van der Waals surface area contributed by atoms with Gasteiger partial charge in [-0.05, 0) is 36.0 Å². The van der Waals surface area contributed by atoms with Gasteiger partial charge in [-0.25, -0.2) is 0 Å². The number of aryl methyl sites for hydroxylation is 1. The van der Waals surface area contributed by atoms with E-state index in [0.29, 0.717) is 18.1 Å². The smallest absolute Gasteiger partial charge is 0.250 e. The molecule has 166 valence electrons. The second kappa shape index (κ2) is 13.2. The fraction of sp³-hybridized carbons (Fsp3) is 0.500. The molecule has 1 aromatic heterocycles. The molecule has 0 bridgehead atoms. The highest BCUT2D eigenvalue weighted by molar-refractivity contribution is 6.31. The monoisotopic (exact) mass is 434 g/mol. The summed E-state index contributed by atoms with van der Waals surface area (Å²) in [5.41, 5.74) is 2.30. The topological polar surface area (TPSA) is 59.0 Å². The zero-order valence-corrected chi connectivity index (χ0v) is 19.9. The van der Waals surface area contributed by atoms with Crippen LogP contribution in [-0.4, -0.2) is 36.1 Å². The minimum absolute atomic E-state index is 0.0934. The number of pyridine rings is 1. The number of rotatable bonds is 9. The fourth-order valence-electron chi connectivity index (χ4n) is 3.66. The van der Waals surface area contributed by atoms with Crippen LogP contribution in [0.4, 0.5) is 0 Å². The van der Waals surface area contributed by atoms with Crippen LogP contribution in [0.3, 0.4) is 0 Å². The van der Waals surface area contributed by atoms with Gasteiger partial charge in [0.05, 0.1) is 26.4 Å². The van der Waals surface area contributed by atoms with Gasteiger partial charge in [-0.15, -0.1) is 0 Å². The molecule has 2 unspecified atom stereocenters. The summed E-state index contributed by atoms with van der Waals surface area (Å²) in [4.78, 5) is 13.1. The molecular formula is C24H37ClN3O2+. The molecule has 0 aliphatic carbocycles. The van der Waals surface area contributed by atoms with Gasteiger partial charge in [0.1, 0.15) is 0 Å². The fourth-order valence-corrected chi connectivity index (χ4v) is 3.94. The lowest BCUT2D eigenvalue weighted by Crippen LogP contribution is -3.05. The first kappa shape index (κ1) is 25.9. The Hall–Kier alpha value is -2.11. The minimum atomic E-state index is -0.0934. The Balaban J connectivity index is 0.00000218. The first-order chi connectivity index (χ1) is 14.4. The van der Waals surface area contributed by atoms with Gasteiger partial charge in [-0.2, -0.15) is 0 Å². The van der Waals surface area contributed by atoms with Crippen LogP contribution in [-0.2, 0) is 7.05 Å². The second-order valence-corrected chi connectivity index (χ2v) is 8.07. The molecular weight excluding hydrogens is 398 g/mol. The Morgan fingerprint density at radius 1 is 1.20 bits per heavy atom. The lowest BCUT2D eigenvalue weighted by Gasteiger charge is -2.28. The molecule has 0 aliphatic heterocycles. The summed E-state index contributed by atoms with van der Waals surface area (Å²) >= 11 is 6.55. The first-order valence-electron chi connectivity index (χ1n) is 10.8. The van der Waals surface area contributed by atoms with Crippen molar-refractivity contribution in [3.05, 3.63) is 69.1 Å². The molecule has 0 aliphatic rings. The highest BCUT2D eigenvalue weighted by Gasteiger charge is 2.27. The lowest BCUT2D eigenvalue weighted by atomic mass is 9.78. The third-order valence-electron chi connectivity index (χ3n) is 5.37. The Morgan fingerprint density at radius 2 is 1.87 bits per heavy atom. The third-order valence-corrected chi connectivity index (χ3v) is 5.71. The molecule has 0 fully saturated rings. The highest BCUT2D eigenvalue weighted by Crippen LogP contribution is 2.37. The number of benzene rings is 1. The molecule has 2 atom stereocenters. The van der Waals surface area contributed by atoms with Gasteiger partial charge in [-0.1, -0.05) is 62.1 Å². The van der Waals surface area contributed by atoms with Crippen LogP contribution < -0.4 is 10.5 Å². The van der Waals surface area contributed by atoms with Crippen LogP contribution in [0.1, 0.15) is 57.1 Å². The van der Waals surface area contributed by atoms with E-state index in [2.05, 4.69) is 32.2 Å². The van der Waals surface area contributed by atoms with Crippen LogP contribution >= 0.6 is 11.6 Å². The summed E-state index contributed by atoms with van der Waals surface area (Å²) in [5.74, 6) is 0.528. The van der Waals surface area contributed by atoms with E-state index in [1.54, 1.807) is 19.3 Å². The van der Waals surface area contributed by atoms with Crippen molar-refractivity contribution in [2.75, 3.05) is 20.6 Å². The van der Waals surface area contributed by atoms with E-state index in [1.165, 1.54) is 15.5 Å². The number of halogens is 1. The summed E-state index contributed by atoms with van der Waals surface area (Å²) in [7, 11) is 6.01. The predicted octanol–water partition coefficient (Wildman–Crippen LogP) is 3.98. The molecule has 1 aromatic carbocycles. The Kier molecular flexibility index (Phi) is 11.4. The minimum Gasteiger partial charge on any atom is -0.411 e. The van der Waals surface area contributed by atoms with Gasteiger partial charge in [0.15, 0.2) is 0 Å². The van der Waals surface area contributed by atoms with Crippen molar-refractivity contribution in [1.82, 2.24) is 4.57 Å². The number of hydrogen-bond acceptors (Lipinski definition) is 3. The molecule has 2 aromatic rings. The highest BCUT2D eigenvalue weighted by atomic mass is 35.5. The Morgan fingerprint density at radius 3 is 2.40 bits per heavy atom. The van der Waals surface area contributed by atoms with Crippen molar-refractivity contribution in [3.63, 3.8) is 0 Å². The van der Waals surface area contributed by atoms with Gasteiger partial charge < -0.3 is 14.7 Å². The summed E-state index contributed by atoms with van der Waals surface area (Å²) in [6, 6.07) is 11.1. The van der Waals surface area contributed by atoms with Crippen molar-refractivity contribution >= 4 is 17.3 Å². The SMILES string of the molecule is CC.CCC(CC[NH+](C)C)C(C/C(=N\O)c1ccc(=O)n(C)c1)c1ccccc1Cl. The molecule has 30 heavy (non-hydrogen) atoms. The Labute approximate surface area is 186 Å². The molecule has 0 saturated heterocycles. The predicted molar refractivity (Wildman–Crippen MR) is 126 cm³/mol. The lowest BCUT2D eigenvalue weighted by molar-refractivity contribution is -0.858. The molecule has 5 nitrogen and oxygen atoms in total. The maximum absolute atomic E-state index is 11.7. The maximum atomic E-state index is 11.7. The number of hydrogen-bond donors (Lipinski definition) is 2. The quantitative estimate of drug-likeness (QED) is 0.356. The standard InChI is InChI=1S/C22H30ClN3O2.C2H6/c1-5-16(12-13-25(2)3)19(18-8-6-7-9-20(18)23)14-21(24-28)17-10-11-22(27)26(4)15-17;1-2/h6-11,15-16,19,28H,5,12-14H2,1-4H3;1-2H3/p+1/b24-21+;. The van der Waals surface area contributed by atoms with Crippen LogP contribution in [0, 0.1) is 5.92 Å². The molecule has 6 heteroatoms. The van der Waals surface area contributed by atoms with Crippen molar-refractivity contribution in [1.29, 1.82) is 0 Å². The van der Waals surface area contributed by atoms with E-state index >= 15 is 0 Å². The van der Waals surface area contributed by atoms with Crippen LogP contribution in [0.5, 0.6) is 0 Å². The third kappa shape index (κ3) is 7.29. The van der Waals surface area contributed by atoms with Gasteiger partial charge in [0.25, 0.3) is 0 Å². The molecule has 0 spiro atoms. The average Bonchev–Trinajstić information content (AvgIpc) is 2.74. The second-order valence-electron chi connectivity index (χ2n) is 7.66. The van der Waals surface area contributed by atoms with Gasteiger partial charge in [-0.3, -0.25) is 4.79 Å². The van der Waals surface area contributed by atoms with Gasteiger partial charge in [0.2, 0.25) is 5.56 Å². The van der Waals surface area contributed by atoms with E-state index in [-0.39, 0.29) is 11.5 Å². The van der Waals surface area contributed by atoms with Crippen molar-refractivity contribution in [2.45, 2.75) is 46.0 Å². The number of quaternary nitrogens is 1. The van der Waals surface area contributed by atoms with Crippen molar-refractivity contribution in [2.24, 2.45) is 18.1 Å².